The maximum absolute atomic E-state index is 11.6. The zero-order valence-electron chi connectivity index (χ0n) is 8.87. The van der Waals surface area contributed by atoms with Crippen molar-refractivity contribution in [3.05, 3.63) is 5.82 Å². The van der Waals surface area contributed by atoms with Gasteiger partial charge in [0.2, 0.25) is 5.91 Å². The van der Waals surface area contributed by atoms with Crippen LogP contribution in [0.1, 0.15) is 26.1 Å². The predicted octanol–water partition coefficient (Wildman–Crippen LogP) is 1.26. The minimum absolute atomic E-state index is 0.0208. The molecule has 1 amide bonds. The molecule has 0 radical (unpaired) electrons. The molecular formula is C9H12N4O2. The van der Waals surface area contributed by atoms with Crippen molar-refractivity contribution in [1.29, 1.82) is 5.26 Å². The second-order valence-electron chi connectivity index (χ2n) is 3.40. The first-order chi connectivity index (χ1) is 7.01. The number of aryl methyl sites for hydroxylation is 1. The smallest absolute Gasteiger partial charge is 0.315 e. The topological polar surface area (TPSA) is 91.8 Å². The molecule has 0 fully saturated rings. The fraction of sp³-hybridized carbons (Fsp3) is 0.556. The van der Waals surface area contributed by atoms with Gasteiger partial charge < -0.3 is 4.52 Å². The van der Waals surface area contributed by atoms with E-state index in [4.69, 9.17) is 9.78 Å². The molecule has 0 saturated heterocycles. The highest BCUT2D eigenvalue weighted by Gasteiger charge is 2.32. The van der Waals surface area contributed by atoms with Crippen LogP contribution in [-0.2, 0) is 4.79 Å². The van der Waals surface area contributed by atoms with Gasteiger partial charge in [-0.15, -0.1) is 0 Å². The van der Waals surface area contributed by atoms with Crippen LogP contribution in [0.4, 0.5) is 6.01 Å². The van der Waals surface area contributed by atoms with Gasteiger partial charge in [-0.05, 0) is 20.3 Å². The molecule has 6 heteroatoms. The lowest BCUT2D eigenvalue weighted by Gasteiger charge is -2.16. The van der Waals surface area contributed by atoms with E-state index in [0.29, 0.717) is 12.2 Å². The summed E-state index contributed by atoms with van der Waals surface area (Å²) in [6.07, 6.45) is 0.419. The molecule has 0 saturated carbocycles. The Labute approximate surface area is 87.3 Å². The number of anilines is 1. The SMILES string of the molecule is CCC(C)(C#N)C(=O)Nc1nc(C)no1. The normalized spacial score (nSPS) is 14.0. The highest BCUT2D eigenvalue weighted by molar-refractivity contribution is 5.95. The second kappa shape index (κ2) is 4.09. The maximum atomic E-state index is 11.6. The van der Waals surface area contributed by atoms with Crippen LogP contribution < -0.4 is 5.32 Å². The molecule has 1 aromatic rings. The number of nitrogens with zero attached hydrogens (tertiary/aromatic N) is 3. The molecule has 80 valence electrons. The van der Waals surface area contributed by atoms with E-state index in [-0.39, 0.29) is 6.01 Å². The van der Waals surface area contributed by atoms with Gasteiger partial charge in [-0.3, -0.25) is 10.1 Å². The van der Waals surface area contributed by atoms with E-state index in [1.165, 1.54) is 0 Å². The standard InChI is InChI=1S/C9H12N4O2/c1-4-9(3,5-10)7(14)12-8-11-6(2)13-15-8/h4H2,1-3H3,(H,11,12,13,14). The Morgan fingerprint density at radius 1 is 1.73 bits per heavy atom. The lowest BCUT2D eigenvalue weighted by Crippen LogP contribution is -2.31. The van der Waals surface area contributed by atoms with Gasteiger partial charge in [-0.2, -0.15) is 10.2 Å². The van der Waals surface area contributed by atoms with Crippen LogP contribution >= 0.6 is 0 Å². The lowest BCUT2D eigenvalue weighted by molar-refractivity contribution is -0.122. The zero-order chi connectivity index (χ0) is 11.5. The van der Waals surface area contributed by atoms with Crippen molar-refractivity contribution in [3.63, 3.8) is 0 Å². The molecule has 0 bridgehead atoms. The summed E-state index contributed by atoms with van der Waals surface area (Å²) in [4.78, 5) is 15.5. The molecule has 1 heterocycles. The van der Waals surface area contributed by atoms with Gasteiger partial charge in [-0.1, -0.05) is 12.1 Å². The average Bonchev–Trinajstić information content (AvgIpc) is 2.62. The van der Waals surface area contributed by atoms with Gasteiger partial charge in [0.1, 0.15) is 5.41 Å². The van der Waals surface area contributed by atoms with Crippen molar-refractivity contribution in [2.75, 3.05) is 5.32 Å². The third-order valence-corrected chi connectivity index (χ3v) is 2.20. The largest absolute Gasteiger partial charge is 0.328 e. The molecule has 1 atom stereocenters. The van der Waals surface area contributed by atoms with Gasteiger partial charge >= 0.3 is 6.01 Å². The Morgan fingerprint density at radius 2 is 2.40 bits per heavy atom. The summed E-state index contributed by atoms with van der Waals surface area (Å²) < 4.78 is 4.72. The van der Waals surface area contributed by atoms with Gasteiger partial charge in [0.15, 0.2) is 5.82 Å². The van der Waals surface area contributed by atoms with E-state index in [1.54, 1.807) is 20.8 Å². The number of aromatic nitrogens is 2. The lowest BCUT2D eigenvalue weighted by atomic mass is 9.88. The highest BCUT2D eigenvalue weighted by atomic mass is 16.5. The second-order valence-corrected chi connectivity index (χ2v) is 3.40. The van der Waals surface area contributed by atoms with E-state index >= 15 is 0 Å². The molecule has 1 N–H and O–H groups in total. The van der Waals surface area contributed by atoms with Crippen molar-refractivity contribution in [1.82, 2.24) is 10.1 Å². The van der Waals surface area contributed by atoms with Gasteiger partial charge in [0.05, 0.1) is 6.07 Å². The Balaban J connectivity index is 2.76. The molecular weight excluding hydrogens is 196 g/mol. The quantitative estimate of drug-likeness (QED) is 0.807. The summed E-state index contributed by atoms with van der Waals surface area (Å²) in [5.41, 5.74) is -1.07. The van der Waals surface area contributed by atoms with Crippen molar-refractivity contribution in [3.8, 4) is 6.07 Å². The zero-order valence-corrected chi connectivity index (χ0v) is 8.87. The maximum Gasteiger partial charge on any atom is 0.328 e. The first-order valence-electron chi connectivity index (χ1n) is 4.55. The summed E-state index contributed by atoms with van der Waals surface area (Å²) in [5, 5.41) is 14.8. The number of hydrogen-bond acceptors (Lipinski definition) is 5. The van der Waals surface area contributed by atoms with Crippen molar-refractivity contribution in [2.45, 2.75) is 27.2 Å². The molecule has 1 aromatic heterocycles. The summed E-state index contributed by atoms with van der Waals surface area (Å²) in [6.45, 7) is 4.97. The minimum atomic E-state index is -1.07. The van der Waals surface area contributed by atoms with Crippen LogP contribution in [-0.4, -0.2) is 16.0 Å². The first-order valence-corrected chi connectivity index (χ1v) is 4.55. The Kier molecular flexibility index (Phi) is 3.04. The van der Waals surface area contributed by atoms with Crippen LogP contribution in [0.25, 0.3) is 0 Å². The fourth-order valence-electron chi connectivity index (χ4n) is 0.873. The summed E-state index contributed by atoms with van der Waals surface area (Å²) in [6, 6.07) is 1.97. The molecule has 0 aromatic carbocycles. The molecule has 6 nitrogen and oxygen atoms in total. The molecule has 0 spiro atoms. The van der Waals surface area contributed by atoms with E-state index in [9.17, 15) is 4.79 Å². The van der Waals surface area contributed by atoms with Crippen LogP contribution in [0, 0.1) is 23.7 Å². The number of carbonyl (C=O) groups is 1. The molecule has 1 rings (SSSR count). The number of hydrogen-bond donors (Lipinski definition) is 1. The Bertz CT molecular complexity index is 406. The van der Waals surface area contributed by atoms with Crippen molar-refractivity contribution >= 4 is 11.9 Å². The van der Waals surface area contributed by atoms with Crippen LogP contribution in [0.5, 0.6) is 0 Å². The number of nitriles is 1. The highest BCUT2D eigenvalue weighted by Crippen LogP contribution is 2.21. The van der Waals surface area contributed by atoms with Crippen LogP contribution in [0.15, 0.2) is 4.52 Å². The van der Waals surface area contributed by atoms with E-state index in [0.717, 1.165) is 0 Å². The van der Waals surface area contributed by atoms with Crippen LogP contribution in [0.3, 0.4) is 0 Å². The number of carbonyl (C=O) groups excluding carboxylic acids is 1. The van der Waals surface area contributed by atoms with Crippen molar-refractivity contribution in [2.24, 2.45) is 5.41 Å². The first kappa shape index (κ1) is 11.2. The van der Waals surface area contributed by atoms with Gasteiger partial charge in [0.25, 0.3) is 0 Å². The van der Waals surface area contributed by atoms with Gasteiger partial charge in [-0.25, -0.2) is 0 Å². The van der Waals surface area contributed by atoms with E-state index in [1.807, 2.05) is 6.07 Å². The molecule has 0 aliphatic rings. The van der Waals surface area contributed by atoms with Crippen molar-refractivity contribution < 1.29 is 9.32 Å². The third kappa shape index (κ3) is 2.31. The summed E-state index contributed by atoms with van der Waals surface area (Å²) in [7, 11) is 0. The third-order valence-electron chi connectivity index (χ3n) is 2.20. The number of rotatable bonds is 3. The van der Waals surface area contributed by atoms with E-state index < -0.39 is 11.3 Å². The average molecular weight is 208 g/mol. The number of nitrogens with one attached hydrogen (secondary N) is 1. The Hall–Kier alpha value is -1.90. The molecule has 0 aliphatic carbocycles. The van der Waals surface area contributed by atoms with E-state index in [2.05, 4.69) is 15.5 Å². The summed E-state index contributed by atoms with van der Waals surface area (Å²) in [5.74, 6) is -0.00314. The fourth-order valence-corrected chi connectivity index (χ4v) is 0.873. The molecule has 15 heavy (non-hydrogen) atoms. The van der Waals surface area contributed by atoms with Crippen LogP contribution in [0.2, 0.25) is 0 Å². The monoisotopic (exact) mass is 208 g/mol. The Morgan fingerprint density at radius 3 is 2.80 bits per heavy atom. The summed E-state index contributed by atoms with van der Waals surface area (Å²) >= 11 is 0. The molecule has 1 unspecified atom stereocenters. The minimum Gasteiger partial charge on any atom is -0.315 e. The van der Waals surface area contributed by atoms with Gasteiger partial charge in [0, 0.05) is 0 Å². The molecule has 0 aliphatic heterocycles. The predicted molar refractivity (Wildman–Crippen MR) is 51.7 cm³/mol. The number of amides is 1.